The maximum Gasteiger partial charge on any atom is 0.270 e. The zero-order valence-electron chi connectivity index (χ0n) is 10.6. The number of thiophene rings is 1. The maximum absolute atomic E-state index is 11.9. The van der Waals surface area contributed by atoms with E-state index in [4.69, 9.17) is 0 Å². The van der Waals surface area contributed by atoms with Gasteiger partial charge in [-0.1, -0.05) is 17.4 Å². The van der Waals surface area contributed by atoms with Crippen LogP contribution in [0.1, 0.15) is 4.88 Å². The van der Waals surface area contributed by atoms with Gasteiger partial charge < -0.3 is 5.32 Å². The lowest BCUT2D eigenvalue weighted by Crippen LogP contribution is -2.13. The molecule has 0 aliphatic rings. The van der Waals surface area contributed by atoms with Crippen LogP contribution in [0.4, 0.5) is 10.8 Å². The van der Waals surface area contributed by atoms with Crippen LogP contribution in [0.3, 0.4) is 0 Å². The zero-order valence-corrected chi connectivity index (χ0v) is 12.2. The lowest BCUT2D eigenvalue weighted by atomic mass is 10.3. The van der Waals surface area contributed by atoms with Crippen LogP contribution >= 0.6 is 22.7 Å². The minimum atomic E-state index is -0.450. The van der Waals surface area contributed by atoms with Crippen LogP contribution in [-0.2, 0) is 11.2 Å². The molecule has 0 saturated carbocycles. The second-order valence-corrected chi connectivity index (χ2v) is 6.30. The Morgan fingerprint density at radius 1 is 1.38 bits per heavy atom. The van der Waals surface area contributed by atoms with E-state index < -0.39 is 4.92 Å². The van der Waals surface area contributed by atoms with E-state index in [1.54, 1.807) is 6.07 Å². The lowest BCUT2D eigenvalue weighted by Gasteiger charge is -1.98. The molecular weight excluding hydrogens is 310 g/mol. The summed E-state index contributed by atoms with van der Waals surface area (Å²) in [5.74, 6) is -0.147. The van der Waals surface area contributed by atoms with Gasteiger partial charge >= 0.3 is 0 Å². The minimum absolute atomic E-state index is 0.0163. The van der Waals surface area contributed by atoms with Crippen molar-refractivity contribution >= 4 is 49.6 Å². The van der Waals surface area contributed by atoms with Gasteiger partial charge in [-0.25, -0.2) is 4.98 Å². The number of amides is 1. The maximum atomic E-state index is 11.9. The first-order valence-corrected chi connectivity index (χ1v) is 7.68. The summed E-state index contributed by atoms with van der Waals surface area (Å²) in [6, 6.07) is 8.23. The third-order valence-corrected chi connectivity index (χ3v) is 4.55. The summed E-state index contributed by atoms with van der Waals surface area (Å²) in [6.07, 6.45) is 0.299. The molecule has 2 aromatic heterocycles. The number of carbonyl (C=O) groups is 1. The first-order valence-electron chi connectivity index (χ1n) is 5.99. The smallest absolute Gasteiger partial charge is 0.270 e. The quantitative estimate of drug-likeness (QED) is 0.589. The predicted molar refractivity (Wildman–Crippen MR) is 82.9 cm³/mol. The Morgan fingerprint density at radius 2 is 2.24 bits per heavy atom. The minimum Gasteiger partial charge on any atom is -0.302 e. The average molecular weight is 319 g/mol. The largest absolute Gasteiger partial charge is 0.302 e. The molecular formula is C13H9N3O3S2. The molecule has 0 aliphatic heterocycles. The third kappa shape index (κ3) is 3.06. The van der Waals surface area contributed by atoms with Crippen LogP contribution in [0, 0.1) is 10.1 Å². The zero-order chi connectivity index (χ0) is 14.8. The van der Waals surface area contributed by atoms with Gasteiger partial charge in [-0.2, -0.15) is 0 Å². The second kappa shape index (κ2) is 5.58. The van der Waals surface area contributed by atoms with Crippen molar-refractivity contribution in [2.75, 3.05) is 5.32 Å². The first-order chi connectivity index (χ1) is 10.1. The molecule has 0 unspecified atom stereocenters. The van der Waals surface area contributed by atoms with Gasteiger partial charge in [0.2, 0.25) is 5.91 Å². The Balaban J connectivity index is 1.78. The molecule has 8 heteroatoms. The van der Waals surface area contributed by atoms with E-state index >= 15 is 0 Å². The average Bonchev–Trinajstić information content (AvgIpc) is 3.05. The highest BCUT2D eigenvalue weighted by Crippen LogP contribution is 2.29. The molecule has 2 heterocycles. The van der Waals surface area contributed by atoms with Crippen molar-refractivity contribution < 1.29 is 9.72 Å². The van der Waals surface area contributed by atoms with Crippen molar-refractivity contribution in [2.45, 2.75) is 6.42 Å². The van der Waals surface area contributed by atoms with Gasteiger partial charge in [0.15, 0.2) is 5.13 Å². The number of nitrogens with one attached hydrogen (secondary N) is 1. The van der Waals surface area contributed by atoms with Gasteiger partial charge in [0, 0.05) is 17.0 Å². The summed E-state index contributed by atoms with van der Waals surface area (Å²) in [5.41, 5.74) is 0.652. The highest BCUT2D eigenvalue weighted by Gasteiger charge is 2.12. The fraction of sp³-hybridized carbons (Fsp3) is 0.0769. The number of anilines is 1. The fourth-order valence-corrected chi connectivity index (χ4v) is 3.43. The molecule has 0 aliphatic carbocycles. The molecule has 6 nitrogen and oxygen atoms in total. The number of benzene rings is 1. The van der Waals surface area contributed by atoms with Gasteiger partial charge in [-0.05, 0) is 17.5 Å². The van der Waals surface area contributed by atoms with Crippen LogP contribution in [0.2, 0.25) is 0 Å². The molecule has 106 valence electrons. The fourth-order valence-electron chi connectivity index (χ4n) is 1.82. The number of hydrogen-bond acceptors (Lipinski definition) is 6. The molecule has 0 radical (unpaired) electrons. The Hall–Kier alpha value is -2.32. The summed E-state index contributed by atoms with van der Waals surface area (Å²) >= 11 is 2.74. The highest BCUT2D eigenvalue weighted by atomic mass is 32.1. The van der Waals surface area contributed by atoms with E-state index in [2.05, 4.69) is 10.3 Å². The number of carbonyl (C=O) groups excluding carboxylic acids is 1. The molecule has 1 aromatic carbocycles. The van der Waals surface area contributed by atoms with Crippen molar-refractivity contribution in [3.63, 3.8) is 0 Å². The Morgan fingerprint density at radius 3 is 2.95 bits per heavy atom. The van der Waals surface area contributed by atoms with Gasteiger partial charge in [0.05, 0.1) is 21.6 Å². The van der Waals surface area contributed by atoms with E-state index in [9.17, 15) is 14.9 Å². The number of hydrogen-bond donors (Lipinski definition) is 1. The summed E-state index contributed by atoms with van der Waals surface area (Å²) in [5, 5.41) is 15.8. The summed E-state index contributed by atoms with van der Waals surface area (Å²) < 4.78 is 0.677. The van der Waals surface area contributed by atoms with Gasteiger partial charge in [0.1, 0.15) is 0 Å². The van der Waals surface area contributed by atoms with Crippen LogP contribution in [-0.4, -0.2) is 15.8 Å². The second-order valence-electron chi connectivity index (χ2n) is 4.23. The number of rotatable bonds is 4. The Bertz CT molecular complexity index is 811. The third-order valence-electron chi connectivity index (χ3n) is 2.74. The summed E-state index contributed by atoms with van der Waals surface area (Å²) in [6.45, 7) is 0. The Kier molecular flexibility index (Phi) is 3.63. The lowest BCUT2D eigenvalue weighted by molar-refractivity contribution is -0.384. The number of aromatic nitrogens is 1. The van der Waals surface area contributed by atoms with Crippen molar-refractivity contribution in [3.05, 3.63) is 50.7 Å². The molecule has 21 heavy (non-hydrogen) atoms. The van der Waals surface area contributed by atoms with Crippen LogP contribution in [0.5, 0.6) is 0 Å². The normalized spacial score (nSPS) is 10.7. The highest BCUT2D eigenvalue weighted by molar-refractivity contribution is 7.22. The summed E-state index contributed by atoms with van der Waals surface area (Å²) in [7, 11) is 0. The molecule has 0 fully saturated rings. The van der Waals surface area contributed by atoms with E-state index in [-0.39, 0.29) is 11.6 Å². The van der Waals surface area contributed by atoms with E-state index in [0.29, 0.717) is 21.8 Å². The van der Waals surface area contributed by atoms with Crippen molar-refractivity contribution in [2.24, 2.45) is 0 Å². The molecule has 1 amide bonds. The molecule has 0 bridgehead atoms. The van der Waals surface area contributed by atoms with Crippen molar-refractivity contribution in [3.8, 4) is 0 Å². The number of nitro benzene ring substituents is 1. The molecule has 1 N–H and O–H groups in total. The van der Waals surface area contributed by atoms with Crippen LogP contribution in [0.25, 0.3) is 10.2 Å². The van der Waals surface area contributed by atoms with E-state index in [0.717, 1.165) is 4.88 Å². The van der Waals surface area contributed by atoms with Gasteiger partial charge in [-0.3, -0.25) is 14.9 Å². The van der Waals surface area contributed by atoms with Crippen LogP contribution in [0.15, 0.2) is 35.7 Å². The molecule has 3 aromatic rings. The number of fused-ring (bicyclic) bond motifs is 1. The van der Waals surface area contributed by atoms with Crippen molar-refractivity contribution in [1.82, 2.24) is 4.98 Å². The number of nitro groups is 1. The SMILES string of the molecule is O=C(Cc1cccs1)Nc1nc2ccc([N+](=O)[O-])cc2s1. The Labute approximate surface area is 127 Å². The monoisotopic (exact) mass is 319 g/mol. The molecule has 0 spiro atoms. The van der Waals surface area contributed by atoms with E-state index in [1.807, 2.05) is 17.5 Å². The number of nitrogens with zero attached hydrogens (tertiary/aromatic N) is 2. The van der Waals surface area contributed by atoms with Gasteiger partial charge in [0.25, 0.3) is 5.69 Å². The molecule has 3 rings (SSSR count). The summed E-state index contributed by atoms with van der Waals surface area (Å²) in [4.78, 5) is 27.4. The van der Waals surface area contributed by atoms with Gasteiger partial charge in [-0.15, -0.1) is 11.3 Å². The number of non-ortho nitro benzene ring substituents is 1. The standard InChI is InChI=1S/C13H9N3O3S2/c17-12(7-9-2-1-5-20-9)15-13-14-10-4-3-8(16(18)19)6-11(10)21-13/h1-6H,7H2,(H,14,15,17). The van der Waals surface area contributed by atoms with Crippen molar-refractivity contribution in [1.29, 1.82) is 0 Å². The molecule has 0 atom stereocenters. The first kappa shape index (κ1) is 13.7. The van der Waals surface area contributed by atoms with Crippen LogP contribution < -0.4 is 5.32 Å². The number of thiazole rings is 1. The van der Waals surface area contributed by atoms with E-state index in [1.165, 1.54) is 34.8 Å². The predicted octanol–water partition coefficient (Wildman–Crippen LogP) is 3.45. The molecule has 0 saturated heterocycles. The topological polar surface area (TPSA) is 85.1 Å².